The smallest absolute Gasteiger partial charge is 0.258 e. The standard InChI is InChI=1S/C12H8N4O/c13-8-9-2-4-10(5-3-9)11(17)16-12-14-6-1-7-15-12/h1-7H,(H,14,15,16,17). The Labute approximate surface area is 97.8 Å². The molecule has 5 heteroatoms. The summed E-state index contributed by atoms with van der Waals surface area (Å²) in [5, 5.41) is 11.2. The maximum Gasteiger partial charge on any atom is 0.258 e. The Kier molecular flexibility index (Phi) is 3.08. The van der Waals surface area contributed by atoms with Crippen molar-refractivity contribution in [3.63, 3.8) is 0 Å². The molecule has 1 aromatic carbocycles. The van der Waals surface area contributed by atoms with Gasteiger partial charge in [0.05, 0.1) is 11.6 Å². The van der Waals surface area contributed by atoms with Crippen LogP contribution in [-0.2, 0) is 0 Å². The number of anilines is 1. The molecule has 82 valence electrons. The molecule has 1 amide bonds. The number of hydrogen-bond acceptors (Lipinski definition) is 4. The molecule has 1 aromatic heterocycles. The first kappa shape index (κ1) is 10.8. The largest absolute Gasteiger partial charge is 0.290 e. The highest BCUT2D eigenvalue weighted by molar-refractivity contribution is 6.03. The van der Waals surface area contributed by atoms with Crippen molar-refractivity contribution in [2.45, 2.75) is 0 Å². The lowest BCUT2D eigenvalue weighted by atomic mass is 10.1. The number of hydrogen-bond donors (Lipinski definition) is 1. The summed E-state index contributed by atoms with van der Waals surface area (Å²) in [5.41, 5.74) is 0.967. The van der Waals surface area contributed by atoms with Gasteiger partial charge in [-0.25, -0.2) is 9.97 Å². The molecule has 0 aliphatic rings. The zero-order valence-corrected chi connectivity index (χ0v) is 8.79. The van der Waals surface area contributed by atoms with E-state index in [1.54, 1.807) is 42.7 Å². The minimum absolute atomic E-state index is 0.252. The van der Waals surface area contributed by atoms with Crippen LogP contribution in [0.5, 0.6) is 0 Å². The van der Waals surface area contributed by atoms with Crippen LogP contribution in [0.25, 0.3) is 0 Å². The van der Waals surface area contributed by atoms with Crippen molar-refractivity contribution in [1.82, 2.24) is 9.97 Å². The van der Waals surface area contributed by atoms with Crippen molar-refractivity contribution in [3.8, 4) is 6.07 Å². The Morgan fingerprint density at radius 2 is 1.82 bits per heavy atom. The van der Waals surface area contributed by atoms with Crippen LogP contribution >= 0.6 is 0 Å². The van der Waals surface area contributed by atoms with Crippen LogP contribution in [0.15, 0.2) is 42.7 Å². The van der Waals surface area contributed by atoms with E-state index in [0.717, 1.165) is 0 Å². The van der Waals surface area contributed by atoms with Crippen molar-refractivity contribution in [2.75, 3.05) is 5.32 Å². The highest BCUT2D eigenvalue weighted by Crippen LogP contribution is 2.05. The van der Waals surface area contributed by atoms with Gasteiger partial charge in [0.1, 0.15) is 0 Å². The van der Waals surface area contributed by atoms with Gasteiger partial charge < -0.3 is 0 Å². The topological polar surface area (TPSA) is 78.7 Å². The maximum absolute atomic E-state index is 11.7. The second-order valence-corrected chi connectivity index (χ2v) is 3.22. The monoisotopic (exact) mass is 224 g/mol. The summed E-state index contributed by atoms with van der Waals surface area (Å²) in [6, 6.07) is 9.98. The van der Waals surface area contributed by atoms with Gasteiger partial charge in [-0.3, -0.25) is 10.1 Å². The average Bonchev–Trinajstić information content (AvgIpc) is 2.40. The van der Waals surface area contributed by atoms with Crippen molar-refractivity contribution in [3.05, 3.63) is 53.9 Å². The van der Waals surface area contributed by atoms with E-state index in [1.165, 1.54) is 0 Å². The van der Waals surface area contributed by atoms with E-state index in [4.69, 9.17) is 5.26 Å². The van der Waals surface area contributed by atoms with Gasteiger partial charge in [0.25, 0.3) is 5.91 Å². The third-order valence-electron chi connectivity index (χ3n) is 2.07. The fraction of sp³-hybridized carbons (Fsp3) is 0. The van der Waals surface area contributed by atoms with Crippen LogP contribution in [0, 0.1) is 11.3 Å². The minimum Gasteiger partial charge on any atom is -0.290 e. The molecule has 0 radical (unpaired) electrons. The van der Waals surface area contributed by atoms with Gasteiger partial charge in [-0.2, -0.15) is 5.26 Å². The maximum atomic E-state index is 11.7. The van der Waals surface area contributed by atoms with Gasteiger partial charge >= 0.3 is 0 Å². The Bertz CT molecular complexity index is 557. The SMILES string of the molecule is N#Cc1ccc(C(=O)Nc2ncccn2)cc1. The first-order chi connectivity index (χ1) is 8.29. The normalized spacial score (nSPS) is 9.35. The number of aromatic nitrogens is 2. The molecule has 0 fully saturated rings. The van der Waals surface area contributed by atoms with E-state index in [2.05, 4.69) is 15.3 Å². The highest BCUT2D eigenvalue weighted by atomic mass is 16.1. The summed E-state index contributed by atoms with van der Waals surface area (Å²) in [4.78, 5) is 19.5. The lowest BCUT2D eigenvalue weighted by molar-refractivity contribution is 0.102. The lowest BCUT2D eigenvalue weighted by Gasteiger charge is -2.02. The molecule has 1 heterocycles. The lowest BCUT2D eigenvalue weighted by Crippen LogP contribution is -2.13. The average molecular weight is 224 g/mol. The Morgan fingerprint density at radius 1 is 1.18 bits per heavy atom. The molecule has 1 N–H and O–H groups in total. The molecule has 2 aromatic rings. The molecular weight excluding hydrogens is 216 g/mol. The van der Waals surface area contributed by atoms with Gasteiger partial charge in [-0.1, -0.05) is 0 Å². The van der Waals surface area contributed by atoms with E-state index < -0.39 is 0 Å². The molecule has 0 spiro atoms. The van der Waals surface area contributed by atoms with Crippen LogP contribution in [0.3, 0.4) is 0 Å². The summed E-state index contributed by atoms with van der Waals surface area (Å²) in [6.45, 7) is 0. The van der Waals surface area contributed by atoms with Crippen LogP contribution in [0.2, 0.25) is 0 Å². The summed E-state index contributed by atoms with van der Waals surface area (Å²) < 4.78 is 0. The Balaban J connectivity index is 2.13. The summed E-state index contributed by atoms with van der Waals surface area (Å²) in [7, 11) is 0. The number of nitriles is 1. The van der Waals surface area contributed by atoms with E-state index in [-0.39, 0.29) is 11.9 Å². The van der Waals surface area contributed by atoms with Gasteiger partial charge in [0.2, 0.25) is 5.95 Å². The fourth-order valence-corrected chi connectivity index (χ4v) is 1.23. The molecule has 0 aliphatic heterocycles. The second-order valence-electron chi connectivity index (χ2n) is 3.22. The van der Waals surface area contributed by atoms with E-state index >= 15 is 0 Å². The molecule has 0 aliphatic carbocycles. The van der Waals surface area contributed by atoms with Crippen LogP contribution < -0.4 is 5.32 Å². The van der Waals surface area contributed by atoms with E-state index in [1.807, 2.05) is 6.07 Å². The third-order valence-corrected chi connectivity index (χ3v) is 2.07. The van der Waals surface area contributed by atoms with Crippen molar-refractivity contribution >= 4 is 11.9 Å². The molecule has 0 saturated heterocycles. The van der Waals surface area contributed by atoms with Crippen molar-refractivity contribution < 1.29 is 4.79 Å². The quantitative estimate of drug-likeness (QED) is 0.840. The third kappa shape index (κ3) is 2.63. The number of benzene rings is 1. The number of rotatable bonds is 2. The van der Waals surface area contributed by atoms with Crippen molar-refractivity contribution in [1.29, 1.82) is 5.26 Å². The number of carbonyl (C=O) groups is 1. The first-order valence-electron chi connectivity index (χ1n) is 4.88. The van der Waals surface area contributed by atoms with E-state index in [9.17, 15) is 4.79 Å². The molecule has 5 nitrogen and oxygen atoms in total. The summed E-state index contributed by atoms with van der Waals surface area (Å²) in [5.74, 6) is -0.0532. The minimum atomic E-state index is -0.305. The molecule has 0 bridgehead atoms. The predicted octanol–water partition coefficient (Wildman–Crippen LogP) is 1.60. The first-order valence-corrected chi connectivity index (χ1v) is 4.88. The van der Waals surface area contributed by atoms with Crippen LogP contribution in [0.4, 0.5) is 5.95 Å². The number of carbonyl (C=O) groups excluding carboxylic acids is 1. The fourth-order valence-electron chi connectivity index (χ4n) is 1.23. The number of nitrogens with one attached hydrogen (secondary N) is 1. The van der Waals surface area contributed by atoms with Crippen LogP contribution in [0.1, 0.15) is 15.9 Å². The highest BCUT2D eigenvalue weighted by Gasteiger charge is 2.06. The summed E-state index contributed by atoms with van der Waals surface area (Å²) >= 11 is 0. The predicted molar refractivity (Wildman–Crippen MR) is 61.1 cm³/mol. The van der Waals surface area contributed by atoms with E-state index in [0.29, 0.717) is 11.1 Å². The molecule has 0 atom stereocenters. The van der Waals surface area contributed by atoms with Gasteiger partial charge in [-0.15, -0.1) is 0 Å². The van der Waals surface area contributed by atoms with Crippen molar-refractivity contribution in [2.24, 2.45) is 0 Å². The molecule has 0 unspecified atom stereocenters. The second kappa shape index (κ2) is 4.86. The van der Waals surface area contributed by atoms with Gasteiger partial charge in [-0.05, 0) is 30.3 Å². The molecule has 17 heavy (non-hydrogen) atoms. The Hall–Kier alpha value is -2.74. The molecule has 0 saturated carbocycles. The zero-order chi connectivity index (χ0) is 12.1. The molecule has 2 rings (SSSR count). The zero-order valence-electron chi connectivity index (χ0n) is 8.79. The molecular formula is C12H8N4O. The number of nitrogens with zero attached hydrogens (tertiary/aromatic N) is 3. The summed E-state index contributed by atoms with van der Waals surface area (Å²) in [6.07, 6.45) is 3.09. The van der Waals surface area contributed by atoms with Gasteiger partial charge in [0, 0.05) is 18.0 Å². The Morgan fingerprint density at radius 3 is 2.41 bits per heavy atom. The van der Waals surface area contributed by atoms with Crippen LogP contribution in [-0.4, -0.2) is 15.9 Å². The number of amides is 1. The van der Waals surface area contributed by atoms with Gasteiger partial charge in [0.15, 0.2) is 0 Å².